The van der Waals surface area contributed by atoms with Gasteiger partial charge >= 0.3 is 0 Å². The molecule has 2 nitrogen and oxygen atoms in total. The van der Waals surface area contributed by atoms with Crippen LogP contribution in [0.2, 0.25) is 0 Å². The standard InChI is InChI=1S/C7H14FNO/c1-2-6(9)3-7(8)4-10-5-7/h6H,2-5,9H2,1H3. The lowest BCUT2D eigenvalue weighted by Gasteiger charge is -2.35. The number of ether oxygens (including phenoxy) is 1. The molecule has 0 aliphatic carbocycles. The Morgan fingerprint density at radius 3 is 2.60 bits per heavy atom. The number of nitrogens with two attached hydrogens (primary N) is 1. The third kappa shape index (κ3) is 1.67. The van der Waals surface area contributed by atoms with Gasteiger partial charge in [-0.05, 0) is 6.42 Å². The first-order chi connectivity index (χ1) is 4.66. The van der Waals surface area contributed by atoms with E-state index in [2.05, 4.69) is 0 Å². The van der Waals surface area contributed by atoms with E-state index in [0.717, 1.165) is 6.42 Å². The maximum atomic E-state index is 13.1. The molecule has 1 aliphatic rings. The Morgan fingerprint density at radius 1 is 1.70 bits per heavy atom. The van der Waals surface area contributed by atoms with Gasteiger partial charge in [-0.3, -0.25) is 0 Å². The van der Waals surface area contributed by atoms with Crippen molar-refractivity contribution in [2.75, 3.05) is 13.2 Å². The summed E-state index contributed by atoms with van der Waals surface area (Å²) in [5.74, 6) is 0. The zero-order valence-electron chi connectivity index (χ0n) is 6.27. The average molecular weight is 147 g/mol. The first-order valence-corrected chi connectivity index (χ1v) is 3.68. The normalized spacial score (nSPS) is 25.5. The Hall–Kier alpha value is -0.150. The van der Waals surface area contributed by atoms with E-state index in [1.807, 2.05) is 6.92 Å². The third-order valence-corrected chi connectivity index (χ3v) is 1.87. The van der Waals surface area contributed by atoms with Crippen molar-refractivity contribution in [1.29, 1.82) is 0 Å². The lowest BCUT2D eigenvalue weighted by atomic mass is 9.94. The topological polar surface area (TPSA) is 35.2 Å². The highest BCUT2D eigenvalue weighted by molar-refractivity contribution is 4.88. The van der Waals surface area contributed by atoms with Gasteiger partial charge in [-0.2, -0.15) is 0 Å². The largest absolute Gasteiger partial charge is 0.375 e. The highest BCUT2D eigenvalue weighted by Gasteiger charge is 2.39. The maximum absolute atomic E-state index is 13.1. The van der Waals surface area contributed by atoms with Crippen LogP contribution in [-0.2, 0) is 4.74 Å². The monoisotopic (exact) mass is 147 g/mol. The van der Waals surface area contributed by atoms with Crippen molar-refractivity contribution < 1.29 is 9.13 Å². The molecule has 0 saturated carbocycles. The van der Waals surface area contributed by atoms with Crippen molar-refractivity contribution in [3.63, 3.8) is 0 Å². The highest BCUT2D eigenvalue weighted by Crippen LogP contribution is 2.27. The molecule has 1 unspecified atom stereocenters. The summed E-state index contributed by atoms with van der Waals surface area (Å²) < 4.78 is 17.9. The molecule has 0 aromatic rings. The van der Waals surface area contributed by atoms with Crippen LogP contribution in [0.5, 0.6) is 0 Å². The van der Waals surface area contributed by atoms with Gasteiger partial charge in [0.1, 0.15) is 0 Å². The number of halogens is 1. The number of hydrogen-bond donors (Lipinski definition) is 1. The zero-order chi connectivity index (χ0) is 7.61. The summed E-state index contributed by atoms with van der Waals surface area (Å²) in [5, 5.41) is 0. The first-order valence-electron chi connectivity index (χ1n) is 3.68. The Morgan fingerprint density at radius 2 is 2.30 bits per heavy atom. The van der Waals surface area contributed by atoms with Crippen molar-refractivity contribution in [2.24, 2.45) is 5.73 Å². The van der Waals surface area contributed by atoms with E-state index in [4.69, 9.17) is 10.5 Å². The molecular formula is C7H14FNO. The van der Waals surface area contributed by atoms with Gasteiger partial charge in [-0.1, -0.05) is 6.92 Å². The van der Waals surface area contributed by atoms with E-state index < -0.39 is 5.67 Å². The number of alkyl halides is 1. The Labute approximate surface area is 60.5 Å². The average Bonchev–Trinajstić information content (AvgIpc) is 1.84. The minimum absolute atomic E-state index is 0.00565. The molecule has 1 rings (SSSR count). The molecule has 0 aromatic heterocycles. The van der Waals surface area contributed by atoms with Gasteiger partial charge in [-0.15, -0.1) is 0 Å². The van der Waals surface area contributed by atoms with Crippen LogP contribution in [0.1, 0.15) is 19.8 Å². The van der Waals surface area contributed by atoms with E-state index >= 15 is 0 Å². The van der Waals surface area contributed by atoms with Crippen molar-refractivity contribution in [2.45, 2.75) is 31.5 Å². The first kappa shape index (κ1) is 7.95. The summed E-state index contributed by atoms with van der Waals surface area (Å²) in [5.41, 5.74) is 4.47. The van der Waals surface area contributed by atoms with Crippen LogP contribution in [0.4, 0.5) is 4.39 Å². The molecular weight excluding hydrogens is 133 g/mol. The summed E-state index contributed by atoms with van der Waals surface area (Å²) in [4.78, 5) is 0. The van der Waals surface area contributed by atoms with Crippen molar-refractivity contribution in [3.8, 4) is 0 Å². The predicted octanol–water partition coefficient (Wildman–Crippen LogP) is 0.852. The van der Waals surface area contributed by atoms with Gasteiger partial charge in [-0.25, -0.2) is 4.39 Å². The lowest BCUT2D eigenvalue weighted by molar-refractivity contribution is -0.135. The Balaban J connectivity index is 2.22. The summed E-state index contributed by atoms with van der Waals surface area (Å²) in [6.07, 6.45) is 1.29. The number of hydrogen-bond acceptors (Lipinski definition) is 2. The molecule has 0 aromatic carbocycles. The van der Waals surface area contributed by atoms with Crippen molar-refractivity contribution in [3.05, 3.63) is 0 Å². The summed E-state index contributed by atoms with van der Waals surface area (Å²) >= 11 is 0. The maximum Gasteiger partial charge on any atom is 0.158 e. The van der Waals surface area contributed by atoms with E-state index in [1.54, 1.807) is 0 Å². The molecule has 2 N–H and O–H groups in total. The van der Waals surface area contributed by atoms with E-state index in [-0.39, 0.29) is 19.3 Å². The highest BCUT2D eigenvalue weighted by atomic mass is 19.1. The summed E-state index contributed by atoms with van der Waals surface area (Å²) in [6.45, 7) is 2.44. The second kappa shape index (κ2) is 2.84. The van der Waals surface area contributed by atoms with Crippen LogP contribution in [0.3, 0.4) is 0 Å². The molecule has 0 amide bonds. The van der Waals surface area contributed by atoms with Gasteiger partial charge < -0.3 is 10.5 Å². The van der Waals surface area contributed by atoms with Gasteiger partial charge in [0.2, 0.25) is 0 Å². The second-order valence-electron chi connectivity index (χ2n) is 3.02. The fraction of sp³-hybridized carbons (Fsp3) is 1.00. The van der Waals surface area contributed by atoms with Crippen LogP contribution in [0.25, 0.3) is 0 Å². The Kier molecular flexibility index (Phi) is 2.26. The van der Waals surface area contributed by atoms with Crippen LogP contribution in [0, 0.1) is 0 Å². The van der Waals surface area contributed by atoms with Gasteiger partial charge in [0.25, 0.3) is 0 Å². The van der Waals surface area contributed by atoms with Crippen LogP contribution in [0.15, 0.2) is 0 Å². The molecule has 0 bridgehead atoms. The molecule has 0 spiro atoms. The summed E-state index contributed by atoms with van der Waals surface area (Å²) in [7, 11) is 0. The van der Waals surface area contributed by atoms with Crippen molar-refractivity contribution >= 4 is 0 Å². The van der Waals surface area contributed by atoms with Crippen LogP contribution < -0.4 is 5.73 Å². The molecule has 1 aliphatic heterocycles. The zero-order valence-corrected chi connectivity index (χ0v) is 6.27. The molecule has 1 fully saturated rings. The quantitative estimate of drug-likeness (QED) is 0.642. The predicted molar refractivity (Wildman–Crippen MR) is 37.5 cm³/mol. The molecule has 1 heterocycles. The van der Waals surface area contributed by atoms with Gasteiger partial charge in [0.05, 0.1) is 13.2 Å². The van der Waals surface area contributed by atoms with E-state index in [0.29, 0.717) is 6.42 Å². The minimum Gasteiger partial charge on any atom is -0.375 e. The molecule has 3 heteroatoms. The van der Waals surface area contributed by atoms with Gasteiger partial charge in [0, 0.05) is 12.5 Å². The SMILES string of the molecule is CCC(N)CC1(F)COC1. The minimum atomic E-state index is -1.10. The third-order valence-electron chi connectivity index (χ3n) is 1.87. The smallest absolute Gasteiger partial charge is 0.158 e. The molecule has 1 saturated heterocycles. The van der Waals surface area contributed by atoms with Crippen molar-refractivity contribution in [1.82, 2.24) is 0 Å². The Bertz CT molecular complexity index is 114. The fourth-order valence-corrected chi connectivity index (χ4v) is 1.06. The number of rotatable bonds is 3. The van der Waals surface area contributed by atoms with E-state index in [1.165, 1.54) is 0 Å². The van der Waals surface area contributed by atoms with Crippen LogP contribution in [-0.4, -0.2) is 24.9 Å². The second-order valence-corrected chi connectivity index (χ2v) is 3.02. The molecule has 10 heavy (non-hydrogen) atoms. The van der Waals surface area contributed by atoms with Crippen LogP contribution >= 0.6 is 0 Å². The molecule has 1 atom stereocenters. The fourth-order valence-electron chi connectivity index (χ4n) is 1.06. The molecule has 0 radical (unpaired) electrons. The van der Waals surface area contributed by atoms with Gasteiger partial charge in [0.15, 0.2) is 5.67 Å². The molecule has 60 valence electrons. The summed E-state index contributed by atoms with van der Waals surface area (Å²) in [6, 6.07) is -0.00565. The lowest BCUT2D eigenvalue weighted by Crippen LogP contribution is -2.49. The van der Waals surface area contributed by atoms with E-state index in [9.17, 15) is 4.39 Å².